The molecule has 0 aliphatic carbocycles. The molecule has 2 aromatic rings. The Morgan fingerprint density at radius 3 is 2.42 bits per heavy atom. The Hall–Kier alpha value is -2.90. The van der Waals surface area contributed by atoms with Gasteiger partial charge in [0, 0.05) is 28.2 Å². The number of para-hydroxylation sites is 1. The van der Waals surface area contributed by atoms with Crippen molar-refractivity contribution in [3.8, 4) is 5.75 Å². The van der Waals surface area contributed by atoms with E-state index in [2.05, 4.69) is 20.3 Å². The highest BCUT2D eigenvalue weighted by Crippen LogP contribution is 2.27. The van der Waals surface area contributed by atoms with Gasteiger partial charge in [-0.15, -0.1) is 0 Å². The second-order valence-corrected chi connectivity index (χ2v) is 6.61. The van der Waals surface area contributed by atoms with E-state index in [4.69, 9.17) is 4.74 Å². The highest BCUT2D eigenvalue weighted by atomic mass is 16.5. The summed E-state index contributed by atoms with van der Waals surface area (Å²) in [6.07, 6.45) is 0.995. The number of carbonyl (C=O) groups is 1. The number of anilines is 2. The summed E-state index contributed by atoms with van der Waals surface area (Å²) in [4.78, 5) is 29.3. The highest BCUT2D eigenvalue weighted by Gasteiger charge is 2.25. The first-order valence-electron chi connectivity index (χ1n) is 8.56. The molecule has 0 radical (unpaired) electrons. The minimum absolute atomic E-state index is 0.155. The monoisotopic (exact) mass is 356 g/mol. The van der Waals surface area contributed by atoms with Crippen molar-refractivity contribution in [2.24, 2.45) is 0 Å². The van der Waals surface area contributed by atoms with E-state index < -0.39 is 6.10 Å². The van der Waals surface area contributed by atoms with Crippen molar-refractivity contribution in [1.82, 2.24) is 20.3 Å². The number of nitrogens with zero attached hydrogens (tertiary/aromatic N) is 5. The first kappa shape index (κ1) is 17.9. The van der Waals surface area contributed by atoms with Crippen LogP contribution < -0.4 is 19.9 Å². The maximum atomic E-state index is 12.5. The Morgan fingerprint density at radius 2 is 1.77 bits per heavy atom. The number of rotatable bonds is 5. The zero-order valence-electron chi connectivity index (χ0n) is 15.6. The van der Waals surface area contributed by atoms with Crippen LogP contribution in [0.5, 0.6) is 5.75 Å². The molecule has 1 N–H and O–H groups in total. The van der Waals surface area contributed by atoms with Crippen LogP contribution in [0.15, 0.2) is 24.3 Å². The second kappa shape index (κ2) is 7.55. The molecule has 26 heavy (non-hydrogen) atoms. The third kappa shape index (κ3) is 4.01. The standard InChI is InChI=1S/C18H24N6O2/c1-23(2)17-20-15(21-18(22-17)24(3)4)11-19-16(25)14-10-9-12-7-5-6-8-13(12)26-14/h5-8,14H,9-11H2,1-4H3,(H,19,25). The van der Waals surface area contributed by atoms with Crippen molar-refractivity contribution in [2.75, 3.05) is 38.0 Å². The van der Waals surface area contributed by atoms with Gasteiger partial charge in [0.2, 0.25) is 11.9 Å². The van der Waals surface area contributed by atoms with Gasteiger partial charge in [-0.3, -0.25) is 4.79 Å². The van der Waals surface area contributed by atoms with Gasteiger partial charge in [-0.05, 0) is 24.5 Å². The number of carbonyl (C=O) groups excluding carboxylic acids is 1. The van der Waals surface area contributed by atoms with Crippen molar-refractivity contribution < 1.29 is 9.53 Å². The summed E-state index contributed by atoms with van der Waals surface area (Å²) in [5, 5.41) is 2.88. The van der Waals surface area contributed by atoms with Gasteiger partial charge >= 0.3 is 0 Å². The number of benzene rings is 1. The molecule has 0 saturated carbocycles. The maximum Gasteiger partial charge on any atom is 0.261 e. The van der Waals surface area contributed by atoms with Crippen LogP contribution in [0.1, 0.15) is 17.8 Å². The fourth-order valence-corrected chi connectivity index (χ4v) is 2.66. The summed E-state index contributed by atoms with van der Waals surface area (Å²) < 4.78 is 5.82. The molecule has 0 spiro atoms. The molecule has 1 atom stereocenters. The molecule has 8 heteroatoms. The lowest BCUT2D eigenvalue weighted by Crippen LogP contribution is -2.40. The van der Waals surface area contributed by atoms with E-state index in [1.807, 2.05) is 52.5 Å². The van der Waals surface area contributed by atoms with Gasteiger partial charge in [0.1, 0.15) is 5.75 Å². The molecule has 1 aromatic heterocycles. The van der Waals surface area contributed by atoms with Crippen molar-refractivity contribution in [3.63, 3.8) is 0 Å². The molecule has 1 aliphatic rings. The topological polar surface area (TPSA) is 83.5 Å². The predicted molar refractivity (Wildman–Crippen MR) is 99.5 cm³/mol. The van der Waals surface area contributed by atoms with Crippen LogP contribution in [0.4, 0.5) is 11.9 Å². The quantitative estimate of drug-likeness (QED) is 0.856. The largest absolute Gasteiger partial charge is 0.480 e. The molecule has 0 bridgehead atoms. The van der Waals surface area contributed by atoms with E-state index in [-0.39, 0.29) is 12.5 Å². The van der Waals surface area contributed by atoms with Crippen LogP contribution in [0.25, 0.3) is 0 Å². The first-order chi connectivity index (χ1) is 12.4. The van der Waals surface area contributed by atoms with Gasteiger partial charge in [0.25, 0.3) is 5.91 Å². The van der Waals surface area contributed by atoms with E-state index in [0.717, 1.165) is 17.7 Å². The van der Waals surface area contributed by atoms with Gasteiger partial charge in [0.05, 0.1) is 6.54 Å². The third-order valence-electron chi connectivity index (χ3n) is 4.09. The van der Waals surface area contributed by atoms with Crippen molar-refractivity contribution in [1.29, 1.82) is 0 Å². The summed E-state index contributed by atoms with van der Waals surface area (Å²) in [7, 11) is 7.46. The SMILES string of the molecule is CN(C)c1nc(CNC(=O)C2CCc3ccccc3O2)nc(N(C)C)n1. The Kier molecular flexibility index (Phi) is 5.20. The van der Waals surface area contributed by atoms with Crippen molar-refractivity contribution in [3.05, 3.63) is 35.7 Å². The van der Waals surface area contributed by atoms with Gasteiger partial charge in [-0.1, -0.05) is 18.2 Å². The minimum Gasteiger partial charge on any atom is -0.480 e. The Bertz CT molecular complexity index is 767. The summed E-state index contributed by atoms with van der Waals surface area (Å²) in [5.74, 6) is 2.24. The van der Waals surface area contributed by atoms with Crippen LogP contribution in [0, 0.1) is 0 Å². The van der Waals surface area contributed by atoms with Crippen molar-refractivity contribution in [2.45, 2.75) is 25.5 Å². The Morgan fingerprint density at radius 1 is 1.12 bits per heavy atom. The third-order valence-corrected chi connectivity index (χ3v) is 4.09. The van der Waals surface area contributed by atoms with E-state index >= 15 is 0 Å². The molecule has 1 unspecified atom stereocenters. The van der Waals surface area contributed by atoms with Gasteiger partial charge in [-0.25, -0.2) is 0 Å². The Labute approximate surface area is 153 Å². The molecule has 1 aliphatic heterocycles. The smallest absolute Gasteiger partial charge is 0.261 e. The zero-order chi connectivity index (χ0) is 18.7. The molecule has 0 saturated heterocycles. The van der Waals surface area contributed by atoms with Crippen LogP contribution >= 0.6 is 0 Å². The number of hydrogen-bond donors (Lipinski definition) is 1. The van der Waals surface area contributed by atoms with Gasteiger partial charge < -0.3 is 19.9 Å². The molecule has 1 amide bonds. The minimum atomic E-state index is -0.492. The maximum absolute atomic E-state index is 12.5. The summed E-state index contributed by atoms with van der Waals surface area (Å²) >= 11 is 0. The number of amides is 1. The van der Waals surface area contributed by atoms with Crippen LogP contribution in [-0.2, 0) is 17.8 Å². The first-order valence-corrected chi connectivity index (χ1v) is 8.56. The second-order valence-electron chi connectivity index (χ2n) is 6.61. The number of ether oxygens (including phenoxy) is 1. The average Bonchev–Trinajstić information content (AvgIpc) is 2.65. The number of aromatic nitrogens is 3. The van der Waals surface area contributed by atoms with E-state index in [1.165, 1.54) is 0 Å². The fraction of sp³-hybridized carbons (Fsp3) is 0.444. The number of fused-ring (bicyclic) bond motifs is 1. The summed E-state index contributed by atoms with van der Waals surface area (Å²) in [6, 6.07) is 7.82. The zero-order valence-corrected chi connectivity index (χ0v) is 15.6. The van der Waals surface area contributed by atoms with Crippen LogP contribution in [0.2, 0.25) is 0 Å². The van der Waals surface area contributed by atoms with E-state index in [1.54, 1.807) is 9.80 Å². The highest BCUT2D eigenvalue weighted by molar-refractivity contribution is 5.81. The summed E-state index contributed by atoms with van der Waals surface area (Å²) in [6.45, 7) is 0.227. The molecular weight excluding hydrogens is 332 g/mol. The lowest BCUT2D eigenvalue weighted by atomic mass is 10.0. The lowest BCUT2D eigenvalue weighted by molar-refractivity contribution is -0.128. The molecule has 1 aromatic carbocycles. The van der Waals surface area contributed by atoms with E-state index in [0.29, 0.717) is 24.1 Å². The van der Waals surface area contributed by atoms with Crippen molar-refractivity contribution >= 4 is 17.8 Å². The molecule has 3 rings (SSSR count). The lowest BCUT2D eigenvalue weighted by Gasteiger charge is -2.25. The molecular formula is C18H24N6O2. The predicted octanol–water partition coefficient (Wildman–Crippen LogP) is 1.01. The van der Waals surface area contributed by atoms with Gasteiger partial charge in [-0.2, -0.15) is 15.0 Å². The molecule has 2 heterocycles. The fourth-order valence-electron chi connectivity index (χ4n) is 2.66. The molecule has 0 fully saturated rings. The number of hydrogen-bond acceptors (Lipinski definition) is 7. The van der Waals surface area contributed by atoms with Gasteiger partial charge in [0.15, 0.2) is 11.9 Å². The number of nitrogens with one attached hydrogen (secondary N) is 1. The van der Waals surface area contributed by atoms with E-state index in [9.17, 15) is 4.79 Å². The number of aryl methyl sites for hydroxylation is 1. The van der Waals surface area contributed by atoms with Crippen LogP contribution in [0.3, 0.4) is 0 Å². The molecule has 8 nitrogen and oxygen atoms in total. The Balaban J connectivity index is 1.66. The normalized spacial score (nSPS) is 15.6. The summed E-state index contributed by atoms with van der Waals surface area (Å²) in [5.41, 5.74) is 1.14. The molecule has 138 valence electrons. The van der Waals surface area contributed by atoms with Crippen LogP contribution in [-0.4, -0.2) is 55.2 Å². The average molecular weight is 356 g/mol.